The predicted octanol–water partition coefficient (Wildman–Crippen LogP) is 3.04. The molecule has 17 saturated carbocycles. The van der Waals surface area contributed by atoms with E-state index >= 15 is 0 Å². The van der Waals surface area contributed by atoms with Gasteiger partial charge >= 0.3 is 0 Å². The second-order valence-corrected chi connectivity index (χ2v) is 16.2. The van der Waals surface area contributed by atoms with E-state index in [0.29, 0.717) is 0 Å². The van der Waals surface area contributed by atoms with Crippen molar-refractivity contribution in [1.82, 2.24) is 0 Å². The summed E-state index contributed by atoms with van der Waals surface area (Å²) in [6.45, 7) is 0. The molecule has 0 saturated heterocycles. The van der Waals surface area contributed by atoms with Gasteiger partial charge in [0.1, 0.15) is 0 Å². The molecule has 0 aliphatic heterocycles. The molecule has 26 heavy (non-hydrogen) atoms. The van der Waals surface area contributed by atoms with Crippen LogP contribution < -0.4 is 0 Å². The van der Waals surface area contributed by atoms with E-state index in [9.17, 15) is 0 Å². The maximum absolute atomic E-state index is 1.80. The van der Waals surface area contributed by atoms with Crippen molar-refractivity contribution >= 4 is 0 Å². The summed E-state index contributed by atoms with van der Waals surface area (Å²) in [5.41, 5.74) is 11.1. The average Bonchev–Trinajstić information content (AvgIpc) is 3.06. The molecule has 0 aromatic carbocycles. The third-order valence-corrected chi connectivity index (χ3v) is 20.8. The van der Waals surface area contributed by atoms with Gasteiger partial charge in [0, 0.05) is 0 Å². The first kappa shape index (κ1) is 9.21. The van der Waals surface area contributed by atoms with Gasteiger partial charge in [0.2, 0.25) is 0 Å². The molecule has 10 spiro atoms. The average molecular weight is 332 g/mol. The summed E-state index contributed by atoms with van der Waals surface area (Å²) in [5.74, 6) is 16.3. The first-order valence-electron chi connectivity index (χ1n) is 12.9. The molecule has 22 unspecified atom stereocenters. The normalized spacial score (nSPS) is 127. The molecule has 0 radical (unpaired) electrons. The molecule has 0 N–H and O–H groups in total. The number of rotatable bonds is 0. The Morgan fingerprint density at radius 1 is 0.462 bits per heavy atom. The molecule has 0 amide bonds. The zero-order valence-electron chi connectivity index (χ0n) is 14.8. The van der Waals surface area contributed by atoms with Gasteiger partial charge in [0.05, 0.1) is 0 Å². The van der Waals surface area contributed by atoms with Gasteiger partial charge in [-0.3, -0.25) is 0 Å². The zero-order chi connectivity index (χ0) is 14.8. The Bertz CT molecular complexity index is 1310. The summed E-state index contributed by atoms with van der Waals surface area (Å²) in [4.78, 5) is 0. The van der Waals surface area contributed by atoms with Crippen LogP contribution in [0.15, 0.2) is 0 Å². The lowest BCUT2D eigenvalue weighted by Crippen LogP contribution is -3.39. The van der Waals surface area contributed by atoms with Gasteiger partial charge in [-0.2, -0.15) is 0 Å². The quantitative estimate of drug-likeness (QED) is 0.640. The largest absolute Gasteiger partial charge is 0.0461 e. The van der Waals surface area contributed by atoms with E-state index in [4.69, 9.17) is 0 Å². The molecule has 0 nitrogen and oxygen atoms in total. The molecule has 17 aliphatic carbocycles. The van der Waals surface area contributed by atoms with Crippen LogP contribution in [0.4, 0.5) is 0 Å². The molecule has 17 aliphatic rings. The summed E-state index contributed by atoms with van der Waals surface area (Å²) in [6.07, 6.45) is 7.10. The van der Waals surface area contributed by atoms with Crippen molar-refractivity contribution < 1.29 is 0 Å². The van der Waals surface area contributed by atoms with Gasteiger partial charge in [-0.25, -0.2) is 0 Å². The lowest BCUT2D eigenvalue weighted by Gasteiger charge is -3.41. The maximum atomic E-state index is 1.80. The highest BCUT2D eigenvalue weighted by molar-refractivity contribution is 5.94. The van der Waals surface area contributed by atoms with E-state index in [0.717, 1.165) is 54.1 Å². The van der Waals surface area contributed by atoms with E-state index in [-0.39, 0.29) is 0 Å². The maximum Gasteiger partial charge on any atom is -0.00503 e. The first-order chi connectivity index (χ1) is 12.9. The highest BCUT2D eigenvalue weighted by Gasteiger charge is 3.49. The van der Waals surface area contributed by atoms with Crippen LogP contribution in [0.3, 0.4) is 0 Å². The first-order valence-corrected chi connectivity index (χ1v) is 12.9. The minimum atomic E-state index is 1.09. The molecule has 124 valence electrons. The molecule has 0 heteroatoms. The van der Waals surface area contributed by atoms with Crippen LogP contribution in [0.1, 0.15) is 25.7 Å². The second kappa shape index (κ2) is 1.44. The molecular formula is C26H20. The van der Waals surface area contributed by atoms with E-state index in [1.807, 2.05) is 0 Å². The highest BCUT2D eigenvalue weighted by atomic mass is 15.5. The summed E-state index contributed by atoms with van der Waals surface area (Å²) in [6, 6.07) is 0. The molecule has 0 heterocycles. The summed E-state index contributed by atoms with van der Waals surface area (Å²) < 4.78 is 0. The molecule has 0 aromatic heterocycles. The Balaban J connectivity index is 1.19. The fourth-order valence-corrected chi connectivity index (χ4v) is 25.2. The molecule has 22 atom stereocenters. The number of fused-ring (bicyclic) bond motifs is 8. The summed E-state index contributed by atoms with van der Waals surface area (Å²) in [7, 11) is 0. The minimum absolute atomic E-state index is 1.09. The lowest BCUT2D eigenvalue weighted by molar-refractivity contribution is -0.963. The monoisotopic (exact) mass is 332 g/mol. The van der Waals surface area contributed by atoms with Crippen LogP contribution in [0, 0.1) is 125 Å². The topological polar surface area (TPSA) is 0 Å². The number of hydrogen-bond acceptors (Lipinski definition) is 0. The van der Waals surface area contributed by atoms with Crippen molar-refractivity contribution in [3.63, 3.8) is 0 Å². The minimum Gasteiger partial charge on any atom is -0.0461 e. The van der Waals surface area contributed by atoms with Crippen molar-refractivity contribution in [2.45, 2.75) is 25.7 Å². The Hall–Kier alpha value is 0. The van der Waals surface area contributed by atoms with E-state index < -0.39 is 0 Å². The van der Waals surface area contributed by atoms with Gasteiger partial charge in [-0.15, -0.1) is 0 Å². The second-order valence-electron chi connectivity index (χ2n) is 16.2. The highest BCUT2D eigenvalue weighted by Crippen LogP contribution is 3.51. The van der Waals surface area contributed by atoms with E-state index in [1.165, 1.54) is 71.0 Å². The molecule has 0 bridgehead atoms. The van der Waals surface area contributed by atoms with E-state index in [2.05, 4.69) is 0 Å². The lowest BCUT2D eigenvalue weighted by atomic mass is 8.61. The standard InChI is InChI=1S/C26H20/c1-5-4-17-16-15-13-10-3-7-6-2-9-12-14-11-8(1)18(5,17)21(11)24(14)22(12)19(6,9)20(7,10)23(13,22)25(15,24)26(16,17)21/h5-16H,1-4H2. The Morgan fingerprint density at radius 2 is 1.08 bits per heavy atom. The molecule has 17 fully saturated rings. The van der Waals surface area contributed by atoms with Crippen molar-refractivity contribution in [3.05, 3.63) is 0 Å². The third-order valence-electron chi connectivity index (χ3n) is 20.8. The van der Waals surface area contributed by atoms with Crippen LogP contribution in [-0.4, -0.2) is 0 Å². The van der Waals surface area contributed by atoms with Crippen molar-refractivity contribution in [2.75, 3.05) is 0 Å². The molecule has 17 rings (SSSR count). The van der Waals surface area contributed by atoms with Gasteiger partial charge in [0.15, 0.2) is 0 Å². The van der Waals surface area contributed by atoms with Crippen molar-refractivity contribution in [1.29, 1.82) is 0 Å². The smallest absolute Gasteiger partial charge is 0.00503 e. The van der Waals surface area contributed by atoms with Crippen LogP contribution in [0.2, 0.25) is 0 Å². The number of hydrogen-bond donors (Lipinski definition) is 0. The van der Waals surface area contributed by atoms with Gasteiger partial charge in [0.25, 0.3) is 0 Å². The molecular weight excluding hydrogens is 312 g/mol. The Morgan fingerprint density at radius 3 is 1.81 bits per heavy atom. The summed E-state index contributed by atoms with van der Waals surface area (Å²) >= 11 is 0. The van der Waals surface area contributed by atoms with Gasteiger partial charge in [-0.05, 0) is 151 Å². The van der Waals surface area contributed by atoms with E-state index in [1.54, 1.807) is 25.7 Å². The van der Waals surface area contributed by atoms with Crippen LogP contribution in [-0.2, 0) is 0 Å². The third kappa shape index (κ3) is 0.217. The van der Waals surface area contributed by atoms with Crippen molar-refractivity contribution in [3.8, 4) is 0 Å². The fourth-order valence-electron chi connectivity index (χ4n) is 25.2. The SMILES string of the molecule is C1C2C3CC4C5C6C7C8CC9CC%10%11C%12C%13C%14C1C21C34C52C%141C%131C%12%10C7(C98%11)C621. The fraction of sp³-hybridized carbons (Fsp3) is 1.00. The van der Waals surface area contributed by atoms with Gasteiger partial charge in [-0.1, -0.05) is 0 Å². The van der Waals surface area contributed by atoms with Crippen molar-refractivity contribution in [2.24, 2.45) is 125 Å². The Labute approximate surface area is 151 Å². The van der Waals surface area contributed by atoms with Crippen LogP contribution in [0.5, 0.6) is 0 Å². The Kier molecular flexibility index (Phi) is 0.510. The van der Waals surface area contributed by atoms with Crippen LogP contribution in [0.25, 0.3) is 0 Å². The van der Waals surface area contributed by atoms with Crippen LogP contribution >= 0.6 is 0 Å². The summed E-state index contributed by atoms with van der Waals surface area (Å²) in [5, 5.41) is 0. The predicted molar refractivity (Wildman–Crippen MR) is 84.7 cm³/mol. The van der Waals surface area contributed by atoms with Gasteiger partial charge < -0.3 is 0 Å². The molecule has 0 aromatic rings. The zero-order valence-corrected chi connectivity index (χ0v) is 14.8.